The van der Waals surface area contributed by atoms with Crippen LogP contribution in [0, 0.1) is 17.2 Å². The molecule has 0 radical (unpaired) electrons. The van der Waals surface area contributed by atoms with Crippen molar-refractivity contribution < 1.29 is 0 Å². The molecule has 0 aromatic heterocycles. The molecule has 1 unspecified atom stereocenters. The molecule has 1 heterocycles. The van der Waals surface area contributed by atoms with Crippen molar-refractivity contribution in [3.8, 4) is 6.07 Å². The molecule has 0 spiro atoms. The fourth-order valence-electron chi connectivity index (χ4n) is 2.12. The average molecular weight is 180 g/mol. The first-order chi connectivity index (χ1) is 6.12. The SMILES string of the molecule is CCCCN1CCC(C#N)C1(C)C. The lowest BCUT2D eigenvalue weighted by atomic mass is 9.90. The van der Waals surface area contributed by atoms with Crippen LogP contribution in [-0.4, -0.2) is 23.5 Å². The fraction of sp³-hybridized carbons (Fsp3) is 0.909. The number of likely N-dealkylation sites (tertiary alicyclic amines) is 1. The van der Waals surface area contributed by atoms with Crippen LogP contribution in [0.3, 0.4) is 0 Å². The molecule has 0 N–H and O–H groups in total. The first-order valence-corrected chi connectivity index (χ1v) is 5.27. The number of nitrogens with zero attached hydrogens (tertiary/aromatic N) is 2. The summed E-state index contributed by atoms with van der Waals surface area (Å²) < 4.78 is 0. The monoisotopic (exact) mass is 180 g/mol. The zero-order valence-electron chi connectivity index (χ0n) is 9.01. The van der Waals surface area contributed by atoms with Gasteiger partial charge in [0, 0.05) is 12.1 Å². The van der Waals surface area contributed by atoms with Crippen LogP contribution in [-0.2, 0) is 0 Å². The van der Waals surface area contributed by atoms with Crippen molar-refractivity contribution in [2.75, 3.05) is 13.1 Å². The van der Waals surface area contributed by atoms with Gasteiger partial charge in [0.1, 0.15) is 0 Å². The summed E-state index contributed by atoms with van der Waals surface area (Å²) >= 11 is 0. The molecule has 74 valence electrons. The number of rotatable bonds is 3. The quantitative estimate of drug-likeness (QED) is 0.667. The first-order valence-electron chi connectivity index (χ1n) is 5.27. The maximum atomic E-state index is 8.97. The second-order valence-electron chi connectivity index (χ2n) is 4.46. The lowest BCUT2D eigenvalue weighted by molar-refractivity contribution is 0.154. The van der Waals surface area contributed by atoms with Crippen LogP contribution in [0.1, 0.15) is 40.0 Å². The Morgan fingerprint density at radius 2 is 2.23 bits per heavy atom. The topological polar surface area (TPSA) is 27.0 Å². The first kappa shape index (κ1) is 10.5. The van der Waals surface area contributed by atoms with Crippen molar-refractivity contribution in [2.24, 2.45) is 5.92 Å². The molecule has 0 amide bonds. The zero-order chi connectivity index (χ0) is 9.90. The van der Waals surface area contributed by atoms with Gasteiger partial charge in [-0.1, -0.05) is 13.3 Å². The second kappa shape index (κ2) is 4.11. The van der Waals surface area contributed by atoms with Gasteiger partial charge >= 0.3 is 0 Å². The van der Waals surface area contributed by atoms with E-state index in [-0.39, 0.29) is 11.5 Å². The number of hydrogen-bond donors (Lipinski definition) is 0. The van der Waals surface area contributed by atoms with Crippen molar-refractivity contribution >= 4 is 0 Å². The summed E-state index contributed by atoms with van der Waals surface area (Å²) in [6.07, 6.45) is 3.54. The van der Waals surface area contributed by atoms with E-state index in [1.807, 2.05) is 0 Å². The molecule has 0 bridgehead atoms. The number of unbranched alkanes of at least 4 members (excludes halogenated alkanes) is 1. The molecular formula is C11H20N2. The Bertz CT molecular complexity index is 203. The van der Waals surface area contributed by atoms with E-state index in [4.69, 9.17) is 5.26 Å². The van der Waals surface area contributed by atoms with Gasteiger partial charge in [0.05, 0.1) is 12.0 Å². The molecule has 13 heavy (non-hydrogen) atoms. The highest BCUT2D eigenvalue weighted by Gasteiger charge is 2.40. The molecule has 0 aromatic rings. The van der Waals surface area contributed by atoms with Gasteiger partial charge in [0.15, 0.2) is 0 Å². The molecule has 1 aliphatic heterocycles. The van der Waals surface area contributed by atoms with Gasteiger partial charge in [0.25, 0.3) is 0 Å². The predicted molar refractivity (Wildman–Crippen MR) is 54.3 cm³/mol. The molecule has 1 aliphatic rings. The van der Waals surface area contributed by atoms with Crippen molar-refractivity contribution in [1.29, 1.82) is 5.26 Å². The Morgan fingerprint density at radius 1 is 1.54 bits per heavy atom. The largest absolute Gasteiger partial charge is 0.297 e. The van der Waals surface area contributed by atoms with Gasteiger partial charge in [0.2, 0.25) is 0 Å². The van der Waals surface area contributed by atoms with Crippen LogP contribution < -0.4 is 0 Å². The molecule has 1 rings (SSSR count). The predicted octanol–water partition coefficient (Wildman–Crippen LogP) is 2.41. The Morgan fingerprint density at radius 3 is 2.69 bits per heavy atom. The van der Waals surface area contributed by atoms with Gasteiger partial charge in [-0.15, -0.1) is 0 Å². The minimum atomic E-state index is 0.101. The van der Waals surface area contributed by atoms with E-state index in [9.17, 15) is 0 Å². The average Bonchev–Trinajstić information content (AvgIpc) is 2.37. The molecule has 0 aliphatic carbocycles. The molecule has 2 heteroatoms. The molecule has 1 saturated heterocycles. The summed E-state index contributed by atoms with van der Waals surface area (Å²) in [5.41, 5.74) is 0.101. The van der Waals surface area contributed by atoms with E-state index in [2.05, 4.69) is 31.7 Å². The third-order valence-electron chi connectivity index (χ3n) is 3.29. The van der Waals surface area contributed by atoms with Gasteiger partial charge in [-0.2, -0.15) is 5.26 Å². The third-order valence-corrected chi connectivity index (χ3v) is 3.29. The summed E-state index contributed by atoms with van der Waals surface area (Å²) in [6, 6.07) is 2.42. The van der Waals surface area contributed by atoms with Gasteiger partial charge in [-0.3, -0.25) is 4.90 Å². The molecular weight excluding hydrogens is 160 g/mol. The van der Waals surface area contributed by atoms with E-state index in [1.165, 1.54) is 12.8 Å². The Labute approximate surface area is 81.5 Å². The van der Waals surface area contributed by atoms with Gasteiger partial charge in [-0.05, 0) is 33.2 Å². The summed E-state index contributed by atoms with van der Waals surface area (Å²) in [5, 5.41) is 8.97. The molecule has 1 atom stereocenters. The number of nitriles is 1. The minimum absolute atomic E-state index is 0.101. The highest BCUT2D eigenvalue weighted by Crippen LogP contribution is 2.33. The van der Waals surface area contributed by atoms with Crippen molar-refractivity contribution in [3.63, 3.8) is 0 Å². The highest BCUT2D eigenvalue weighted by molar-refractivity contribution is 5.04. The summed E-state index contributed by atoms with van der Waals surface area (Å²) in [5.74, 6) is 0.226. The summed E-state index contributed by atoms with van der Waals surface area (Å²) in [7, 11) is 0. The van der Waals surface area contributed by atoms with Crippen molar-refractivity contribution in [1.82, 2.24) is 4.90 Å². The van der Waals surface area contributed by atoms with Crippen LogP contribution in [0.2, 0.25) is 0 Å². The van der Waals surface area contributed by atoms with Crippen LogP contribution >= 0.6 is 0 Å². The zero-order valence-corrected chi connectivity index (χ0v) is 9.01. The highest BCUT2D eigenvalue weighted by atomic mass is 15.2. The van der Waals surface area contributed by atoms with E-state index < -0.39 is 0 Å². The maximum absolute atomic E-state index is 8.97. The molecule has 2 nitrogen and oxygen atoms in total. The smallest absolute Gasteiger partial charge is 0.0675 e. The van der Waals surface area contributed by atoms with Crippen LogP contribution in [0.5, 0.6) is 0 Å². The van der Waals surface area contributed by atoms with Crippen LogP contribution in [0.25, 0.3) is 0 Å². The van der Waals surface area contributed by atoms with Crippen molar-refractivity contribution in [3.05, 3.63) is 0 Å². The normalized spacial score (nSPS) is 27.4. The van der Waals surface area contributed by atoms with Crippen LogP contribution in [0.15, 0.2) is 0 Å². The van der Waals surface area contributed by atoms with Gasteiger partial charge < -0.3 is 0 Å². The van der Waals surface area contributed by atoms with E-state index in [1.54, 1.807) is 0 Å². The Balaban J connectivity index is 2.55. The second-order valence-corrected chi connectivity index (χ2v) is 4.46. The third kappa shape index (κ3) is 2.03. The molecule has 1 fully saturated rings. The van der Waals surface area contributed by atoms with Crippen LogP contribution in [0.4, 0.5) is 0 Å². The van der Waals surface area contributed by atoms with E-state index in [0.717, 1.165) is 19.5 Å². The van der Waals surface area contributed by atoms with Gasteiger partial charge in [-0.25, -0.2) is 0 Å². The van der Waals surface area contributed by atoms with Crippen molar-refractivity contribution in [2.45, 2.75) is 45.6 Å². The Hall–Kier alpha value is -0.550. The summed E-state index contributed by atoms with van der Waals surface area (Å²) in [6.45, 7) is 8.87. The standard InChI is InChI=1S/C11H20N2/c1-4-5-7-13-8-6-10(9-12)11(13,2)3/h10H,4-8H2,1-3H3. The number of hydrogen-bond acceptors (Lipinski definition) is 2. The fourth-order valence-corrected chi connectivity index (χ4v) is 2.12. The lowest BCUT2D eigenvalue weighted by Crippen LogP contribution is -2.42. The Kier molecular flexibility index (Phi) is 3.33. The van der Waals surface area contributed by atoms with E-state index >= 15 is 0 Å². The maximum Gasteiger partial charge on any atom is 0.0675 e. The summed E-state index contributed by atoms with van der Waals surface area (Å²) in [4.78, 5) is 2.46. The van der Waals surface area contributed by atoms with E-state index in [0.29, 0.717) is 0 Å². The minimum Gasteiger partial charge on any atom is -0.297 e. The lowest BCUT2D eigenvalue weighted by Gasteiger charge is -2.33. The molecule has 0 aromatic carbocycles. The molecule has 0 saturated carbocycles.